The number of aryl methyl sites for hydroxylation is 2. The molecule has 3 aromatic heterocycles. The van der Waals surface area contributed by atoms with Crippen LogP contribution in [0.5, 0.6) is 0 Å². The smallest absolute Gasteiger partial charge is 0.239 e. The fourth-order valence-electron chi connectivity index (χ4n) is 2.74. The number of rotatable bonds is 5. The van der Waals surface area contributed by atoms with Crippen LogP contribution in [0.4, 0.5) is 5.13 Å². The van der Waals surface area contributed by atoms with Gasteiger partial charge in [-0.2, -0.15) is 0 Å². The van der Waals surface area contributed by atoms with Crippen molar-refractivity contribution in [2.75, 3.05) is 5.32 Å². The Morgan fingerprint density at radius 1 is 1.18 bits per heavy atom. The molecule has 0 saturated carbocycles. The zero-order chi connectivity index (χ0) is 19.7. The van der Waals surface area contributed by atoms with Crippen molar-refractivity contribution in [3.8, 4) is 11.3 Å². The Morgan fingerprint density at radius 2 is 1.96 bits per heavy atom. The van der Waals surface area contributed by atoms with E-state index in [0.717, 1.165) is 26.5 Å². The van der Waals surface area contributed by atoms with Crippen LogP contribution < -0.4 is 5.32 Å². The molecule has 1 unspecified atom stereocenters. The largest absolute Gasteiger partial charge is 0.301 e. The van der Waals surface area contributed by atoms with Gasteiger partial charge in [-0.05, 0) is 26.3 Å². The van der Waals surface area contributed by atoms with E-state index in [1.807, 2.05) is 42.6 Å². The number of thioether (sulfide) groups is 1. The second-order valence-electron chi connectivity index (χ2n) is 6.30. The van der Waals surface area contributed by atoms with Gasteiger partial charge in [0.05, 0.1) is 10.9 Å². The van der Waals surface area contributed by atoms with E-state index in [-0.39, 0.29) is 11.2 Å². The summed E-state index contributed by atoms with van der Waals surface area (Å²) in [7, 11) is 0. The molecule has 1 amide bonds. The average molecular weight is 427 g/mol. The zero-order valence-corrected chi connectivity index (χ0v) is 18.0. The lowest BCUT2D eigenvalue weighted by Crippen LogP contribution is -2.22. The van der Waals surface area contributed by atoms with E-state index < -0.39 is 0 Å². The summed E-state index contributed by atoms with van der Waals surface area (Å²) in [5, 5.41) is 7.08. The molecule has 28 heavy (non-hydrogen) atoms. The number of nitrogens with one attached hydrogen (secondary N) is 1. The number of hydrogen-bond donors (Lipinski definition) is 1. The first kappa shape index (κ1) is 19.0. The van der Waals surface area contributed by atoms with Crippen LogP contribution in [0.2, 0.25) is 0 Å². The third kappa shape index (κ3) is 3.80. The van der Waals surface area contributed by atoms with Crippen LogP contribution in [-0.2, 0) is 4.79 Å². The van der Waals surface area contributed by atoms with Crippen LogP contribution in [0.25, 0.3) is 21.5 Å². The maximum atomic E-state index is 12.7. The van der Waals surface area contributed by atoms with Crippen LogP contribution >= 0.6 is 34.4 Å². The number of amides is 1. The number of aromatic nitrogens is 3. The number of benzene rings is 1. The van der Waals surface area contributed by atoms with Crippen molar-refractivity contribution < 1.29 is 4.79 Å². The molecule has 4 aromatic rings. The number of carbonyl (C=O) groups excluding carboxylic acids is 1. The molecule has 0 saturated heterocycles. The summed E-state index contributed by atoms with van der Waals surface area (Å²) < 4.78 is 0. The van der Waals surface area contributed by atoms with Gasteiger partial charge in [-0.25, -0.2) is 15.0 Å². The summed E-state index contributed by atoms with van der Waals surface area (Å²) in [6.07, 6.45) is 1.57. The summed E-state index contributed by atoms with van der Waals surface area (Å²) in [5.41, 5.74) is 3.08. The number of thiazole rings is 1. The van der Waals surface area contributed by atoms with Crippen molar-refractivity contribution in [1.82, 2.24) is 15.0 Å². The molecule has 0 aliphatic carbocycles. The molecule has 0 bridgehead atoms. The van der Waals surface area contributed by atoms with Gasteiger partial charge in [0.25, 0.3) is 0 Å². The Hall–Kier alpha value is -2.29. The van der Waals surface area contributed by atoms with E-state index in [2.05, 4.69) is 34.1 Å². The van der Waals surface area contributed by atoms with Gasteiger partial charge in [-0.1, -0.05) is 42.1 Å². The minimum atomic E-state index is -0.304. The van der Waals surface area contributed by atoms with Crippen LogP contribution in [0, 0.1) is 13.8 Å². The van der Waals surface area contributed by atoms with Gasteiger partial charge < -0.3 is 5.32 Å². The topological polar surface area (TPSA) is 67.8 Å². The van der Waals surface area contributed by atoms with E-state index in [4.69, 9.17) is 0 Å². The maximum Gasteiger partial charge on any atom is 0.239 e. The van der Waals surface area contributed by atoms with Gasteiger partial charge in [-0.15, -0.1) is 22.7 Å². The number of carbonyl (C=O) groups is 1. The first-order valence-electron chi connectivity index (χ1n) is 8.72. The van der Waals surface area contributed by atoms with E-state index in [9.17, 15) is 4.79 Å². The van der Waals surface area contributed by atoms with Gasteiger partial charge in [0.2, 0.25) is 5.91 Å². The van der Waals surface area contributed by atoms with Crippen molar-refractivity contribution in [2.45, 2.75) is 31.0 Å². The number of thiophene rings is 1. The Kier molecular flexibility index (Phi) is 5.43. The molecular formula is C20H18N4OS3. The van der Waals surface area contributed by atoms with E-state index in [0.29, 0.717) is 5.13 Å². The first-order chi connectivity index (χ1) is 13.5. The van der Waals surface area contributed by atoms with Crippen molar-refractivity contribution in [2.24, 2.45) is 0 Å². The molecule has 142 valence electrons. The summed E-state index contributed by atoms with van der Waals surface area (Å²) in [6, 6.07) is 9.93. The molecule has 5 nitrogen and oxygen atoms in total. The lowest BCUT2D eigenvalue weighted by Gasteiger charge is -2.10. The van der Waals surface area contributed by atoms with E-state index in [1.165, 1.54) is 33.5 Å². The third-order valence-corrected chi connectivity index (χ3v) is 7.37. The number of nitrogens with zero attached hydrogens (tertiary/aromatic N) is 3. The lowest BCUT2D eigenvalue weighted by molar-refractivity contribution is -0.115. The highest BCUT2D eigenvalue weighted by molar-refractivity contribution is 8.00. The van der Waals surface area contributed by atoms with E-state index in [1.54, 1.807) is 17.7 Å². The fourth-order valence-corrected chi connectivity index (χ4v) is 5.50. The van der Waals surface area contributed by atoms with Gasteiger partial charge >= 0.3 is 0 Å². The minimum Gasteiger partial charge on any atom is -0.301 e. The summed E-state index contributed by atoms with van der Waals surface area (Å²) in [5.74, 6) is -0.0877. The molecular weight excluding hydrogens is 408 g/mol. The number of fused-ring (bicyclic) bond motifs is 1. The zero-order valence-electron chi connectivity index (χ0n) is 15.6. The molecule has 0 fully saturated rings. The standard InChI is InChI=1S/C20H18N4OS3/c1-11-12(2)27-18-16(11)19(22-10-21-18)28-13(3)17(25)24-20-23-15(9-26-20)14-7-5-4-6-8-14/h4-10,13H,1-3H3,(H,23,24,25). The number of hydrogen-bond acceptors (Lipinski definition) is 7. The fraction of sp³-hybridized carbons (Fsp3) is 0.200. The maximum absolute atomic E-state index is 12.7. The van der Waals surface area contributed by atoms with Gasteiger partial charge in [0.1, 0.15) is 16.2 Å². The quantitative estimate of drug-likeness (QED) is 0.335. The Labute approximate surface area is 175 Å². The van der Waals surface area contributed by atoms with Gasteiger partial charge in [0, 0.05) is 21.2 Å². The SMILES string of the molecule is Cc1sc2ncnc(SC(C)C(=O)Nc3nc(-c4ccccc4)cs3)c2c1C. The van der Waals surface area contributed by atoms with Crippen molar-refractivity contribution >= 4 is 55.7 Å². The molecule has 1 aromatic carbocycles. The highest BCUT2D eigenvalue weighted by Gasteiger charge is 2.20. The molecule has 4 rings (SSSR count). The van der Waals surface area contributed by atoms with Crippen molar-refractivity contribution in [3.63, 3.8) is 0 Å². The second-order valence-corrected chi connectivity index (χ2v) is 9.69. The lowest BCUT2D eigenvalue weighted by atomic mass is 10.2. The highest BCUT2D eigenvalue weighted by Crippen LogP contribution is 2.36. The minimum absolute atomic E-state index is 0.0877. The third-order valence-electron chi connectivity index (χ3n) is 4.39. The van der Waals surface area contributed by atoms with Gasteiger partial charge in [0.15, 0.2) is 5.13 Å². The molecule has 8 heteroatoms. The number of anilines is 1. The van der Waals surface area contributed by atoms with Crippen molar-refractivity contribution in [1.29, 1.82) is 0 Å². The Balaban J connectivity index is 1.48. The van der Waals surface area contributed by atoms with Gasteiger partial charge in [-0.3, -0.25) is 4.79 Å². The molecule has 0 spiro atoms. The summed E-state index contributed by atoms with van der Waals surface area (Å²) in [4.78, 5) is 28.2. The monoisotopic (exact) mass is 426 g/mol. The van der Waals surface area contributed by atoms with E-state index >= 15 is 0 Å². The second kappa shape index (κ2) is 7.98. The first-order valence-corrected chi connectivity index (χ1v) is 11.3. The Morgan fingerprint density at radius 3 is 2.75 bits per heavy atom. The molecule has 0 aliphatic rings. The average Bonchev–Trinajstić information content (AvgIpc) is 3.27. The predicted molar refractivity (Wildman–Crippen MR) is 118 cm³/mol. The van der Waals surface area contributed by atoms with Crippen LogP contribution in [0.15, 0.2) is 47.1 Å². The highest BCUT2D eigenvalue weighted by atomic mass is 32.2. The summed E-state index contributed by atoms with van der Waals surface area (Å²) >= 11 is 4.54. The normalized spacial score (nSPS) is 12.2. The summed E-state index contributed by atoms with van der Waals surface area (Å²) in [6.45, 7) is 6.04. The molecule has 1 N–H and O–H groups in total. The van der Waals surface area contributed by atoms with Crippen molar-refractivity contribution in [3.05, 3.63) is 52.5 Å². The predicted octanol–water partition coefficient (Wildman–Crippen LogP) is 5.55. The van der Waals surface area contributed by atoms with Crippen LogP contribution in [0.1, 0.15) is 17.4 Å². The Bertz CT molecular complexity index is 1140. The molecule has 0 radical (unpaired) electrons. The molecule has 3 heterocycles. The van der Waals surface area contributed by atoms with Crippen LogP contribution in [-0.4, -0.2) is 26.1 Å². The van der Waals surface area contributed by atoms with Crippen LogP contribution in [0.3, 0.4) is 0 Å². The molecule has 1 atom stereocenters. The molecule has 0 aliphatic heterocycles.